The highest BCUT2D eigenvalue weighted by Gasteiger charge is 2.17. The normalized spacial score (nSPS) is 11.9. The molecule has 4 aromatic rings. The molecule has 0 aliphatic rings. The van der Waals surface area contributed by atoms with Crippen molar-refractivity contribution in [1.29, 1.82) is 0 Å². The number of rotatable bonds is 6. The maximum Gasteiger partial charge on any atom is 0.166 e. The van der Waals surface area contributed by atoms with Crippen molar-refractivity contribution in [3.63, 3.8) is 0 Å². The number of ether oxygens (including phenoxy) is 2. The summed E-state index contributed by atoms with van der Waals surface area (Å²) in [6, 6.07) is 14.0. The van der Waals surface area contributed by atoms with E-state index in [9.17, 15) is 4.39 Å². The lowest BCUT2D eigenvalue weighted by Crippen LogP contribution is -2.08. The molecule has 1 atom stereocenters. The van der Waals surface area contributed by atoms with Crippen LogP contribution in [0.2, 0.25) is 0 Å². The van der Waals surface area contributed by atoms with Crippen LogP contribution in [0.5, 0.6) is 11.5 Å². The number of nitrogens with zero attached hydrogens (tertiary/aromatic N) is 3. The molecule has 0 saturated carbocycles. The Morgan fingerprint density at radius 2 is 1.77 bits per heavy atom. The monoisotopic (exact) mass is 418 g/mol. The van der Waals surface area contributed by atoms with Crippen LogP contribution in [0.1, 0.15) is 18.6 Å². The van der Waals surface area contributed by atoms with Crippen LogP contribution in [0.4, 0.5) is 10.2 Å². The van der Waals surface area contributed by atoms with Gasteiger partial charge in [0.2, 0.25) is 0 Å². The van der Waals surface area contributed by atoms with Crippen molar-refractivity contribution in [2.75, 3.05) is 12.8 Å². The van der Waals surface area contributed by atoms with Gasteiger partial charge in [-0.1, -0.05) is 18.2 Å². The fraction of sp³-hybridized carbons (Fsp3) is 0.167. The largest absolute Gasteiger partial charge is 0.497 e. The number of hydrogen-bond donors (Lipinski definition) is 1. The van der Waals surface area contributed by atoms with Gasteiger partial charge in [-0.25, -0.2) is 9.37 Å². The molecule has 0 fully saturated rings. The zero-order valence-corrected chi connectivity index (χ0v) is 17.5. The van der Waals surface area contributed by atoms with E-state index in [1.165, 1.54) is 12.1 Å². The molecule has 0 amide bonds. The van der Waals surface area contributed by atoms with Crippen molar-refractivity contribution in [2.24, 2.45) is 7.05 Å². The summed E-state index contributed by atoms with van der Waals surface area (Å²) >= 11 is 0. The van der Waals surface area contributed by atoms with Gasteiger partial charge in [-0.2, -0.15) is 5.10 Å². The van der Waals surface area contributed by atoms with Gasteiger partial charge in [0.1, 0.15) is 17.7 Å². The van der Waals surface area contributed by atoms with Gasteiger partial charge < -0.3 is 15.2 Å². The molecule has 7 heteroatoms. The average molecular weight is 418 g/mol. The molecule has 0 aliphatic carbocycles. The van der Waals surface area contributed by atoms with Gasteiger partial charge in [0, 0.05) is 36.1 Å². The number of nitrogens with two attached hydrogens (primary N) is 1. The molecule has 0 radical (unpaired) electrons. The number of nitrogen functional groups attached to an aromatic ring is 1. The van der Waals surface area contributed by atoms with Crippen LogP contribution in [0.3, 0.4) is 0 Å². The first-order chi connectivity index (χ1) is 14.9. The summed E-state index contributed by atoms with van der Waals surface area (Å²) in [6.07, 6.45) is 4.93. The summed E-state index contributed by atoms with van der Waals surface area (Å²) in [7, 11) is 3.46. The Morgan fingerprint density at radius 1 is 1.00 bits per heavy atom. The van der Waals surface area contributed by atoms with Crippen molar-refractivity contribution in [1.82, 2.24) is 14.8 Å². The second-order valence-electron chi connectivity index (χ2n) is 7.23. The maximum absolute atomic E-state index is 14.1. The number of aromatic nitrogens is 3. The van der Waals surface area contributed by atoms with Gasteiger partial charge in [0.25, 0.3) is 0 Å². The number of anilines is 1. The third-order valence-electron chi connectivity index (χ3n) is 5.08. The lowest BCUT2D eigenvalue weighted by molar-refractivity contribution is 0.228. The third kappa shape index (κ3) is 4.35. The van der Waals surface area contributed by atoms with Crippen LogP contribution in [-0.4, -0.2) is 21.9 Å². The van der Waals surface area contributed by atoms with E-state index in [0.29, 0.717) is 5.75 Å². The van der Waals surface area contributed by atoms with Crippen molar-refractivity contribution in [2.45, 2.75) is 13.0 Å². The standard InChI is InChI=1S/C24H23FN4O2/c1-15(31-23-10-17(12-27-24(23)26)18-13-28-29(2)14-18)21-9-6-19(25)11-22(21)16-4-7-20(30-3)8-5-16/h4-15H,1-3H3,(H2,26,27)/t15-/m1/s1. The molecule has 0 aliphatic heterocycles. The van der Waals surface area contributed by atoms with Crippen LogP contribution in [0.25, 0.3) is 22.3 Å². The van der Waals surface area contributed by atoms with Crippen LogP contribution >= 0.6 is 0 Å². The molecule has 0 saturated heterocycles. The van der Waals surface area contributed by atoms with E-state index in [0.717, 1.165) is 33.6 Å². The molecule has 4 rings (SSSR count). The summed E-state index contributed by atoms with van der Waals surface area (Å²) < 4.78 is 27.2. The van der Waals surface area contributed by atoms with E-state index in [1.807, 2.05) is 50.5 Å². The zero-order valence-electron chi connectivity index (χ0n) is 17.5. The van der Waals surface area contributed by atoms with Gasteiger partial charge in [-0.05, 0) is 48.4 Å². The summed E-state index contributed by atoms with van der Waals surface area (Å²) in [5, 5.41) is 4.19. The maximum atomic E-state index is 14.1. The van der Waals surface area contributed by atoms with Gasteiger partial charge in [-0.3, -0.25) is 4.68 Å². The second-order valence-corrected chi connectivity index (χ2v) is 7.23. The Hall–Kier alpha value is -3.87. The summed E-state index contributed by atoms with van der Waals surface area (Å²) in [4.78, 5) is 4.27. The molecular weight excluding hydrogens is 395 g/mol. The highest BCUT2D eigenvalue weighted by molar-refractivity contribution is 5.69. The lowest BCUT2D eigenvalue weighted by atomic mass is 9.96. The number of aryl methyl sites for hydroxylation is 1. The molecule has 31 heavy (non-hydrogen) atoms. The topological polar surface area (TPSA) is 75.2 Å². The molecule has 2 heterocycles. The lowest BCUT2D eigenvalue weighted by Gasteiger charge is -2.20. The van der Waals surface area contributed by atoms with E-state index in [-0.39, 0.29) is 11.6 Å². The molecule has 2 aromatic carbocycles. The number of halogens is 1. The first-order valence-corrected chi connectivity index (χ1v) is 9.79. The van der Waals surface area contributed by atoms with Crippen LogP contribution in [0, 0.1) is 5.82 Å². The molecule has 2 N–H and O–H groups in total. The summed E-state index contributed by atoms with van der Waals surface area (Å²) in [6.45, 7) is 1.90. The van der Waals surface area contributed by atoms with Crippen molar-refractivity contribution >= 4 is 5.82 Å². The second kappa shape index (κ2) is 8.47. The van der Waals surface area contributed by atoms with Crippen LogP contribution in [-0.2, 0) is 7.05 Å². The highest BCUT2D eigenvalue weighted by Crippen LogP contribution is 2.35. The Kier molecular flexibility index (Phi) is 5.58. The van der Waals surface area contributed by atoms with E-state index in [2.05, 4.69) is 10.1 Å². The Balaban J connectivity index is 1.67. The SMILES string of the molecule is COc1ccc(-c2cc(F)ccc2[C@@H](C)Oc2cc(-c3cnn(C)c3)cnc2N)cc1. The quantitative estimate of drug-likeness (QED) is 0.476. The highest BCUT2D eigenvalue weighted by atomic mass is 19.1. The number of methoxy groups -OCH3 is 1. The molecule has 0 unspecified atom stereocenters. The molecule has 0 bridgehead atoms. The minimum absolute atomic E-state index is 0.285. The van der Waals surface area contributed by atoms with Crippen LogP contribution < -0.4 is 15.2 Å². The Bertz CT molecular complexity index is 1200. The minimum Gasteiger partial charge on any atom is -0.497 e. The van der Waals surface area contributed by atoms with Crippen molar-refractivity contribution < 1.29 is 13.9 Å². The molecular formula is C24H23FN4O2. The molecule has 2 aromatic heterocycles. The Labute approximate surface area is 180 Å². The van der Waals surface area contributed by atoms with Crippen molar-refractivity contribution in [3.8, 4) is 33.8 Å². The van der Waals surface area contributed by atoms with Gasteiger partial charge in [0.15, 0.2) is 11.6 Å². The molecule has 6 nitrogen and oxygen atoms in total. The van der Waals surface area contributed by atoms with E-state index in [1.54, 1.807) is 30.3 Å². The molecule has 0 spiro atoms. The third-order valence-corrected chi connectivity index (χ3v) is 5.08. The fourth-order valence-electron chi connectivity index (χ4n) is 3.44. The summed E-state index contributed by atoms with van der Waals surface area (Å²) in [5.74, 6) is 1.16. The summed E-state index contributed by atoms with van der Waals surface area (Å²) in [5.41, 5.74) is 10.3. The van der Waals surface area contributed by atoms with E-state index >= 15 is 0 Å². The first kappa shape index (κ1) is 20.4. The van der Waals surface area contributed by atoms with Crippen LogP contribution in [0.15, 0.2) is 67.1 Å². The predicted molar refractivity (Wildman–Crippen MR) is 118 cm³/mol. The number of hydrogen-bond acceptors (Lipinski definition) is 5. The smallest absolute Gasteiger partial charge is 0.166 e. The number of pyridine rings is 1. The van der Waals surface area contributed by atoms with E-state index < -0.39 is 6.10 Å². The van der Waals surface area contributed by atoms with Gasteiger partial charge in [0.05, 0.1) is 13.3 Å². The van der Waals surface area contributed by atoms with Gasteiger partial charge in [-0.15, -0.1) is 0 Å². The number of benzene rings is 2. The fourth-order valence-corrected chi connectivity index (χ4v) is 3.44. The molecule has 158 valence electrons. The first-order valence-electron chi connectivity index (χ1n) is 9.79. The van der Waals surface area contributed by atoms with Crippen molar-refractivity contribution in [3.05, 3.63) is 78.5 Å². The Morgan fingerprint density at radius 3 is 2.45 bits per heavy atom. The van der Waals surface area contributed by atoms with E-state index in [4.69, 9.17) is 15.2 Å². The van der Waals surface area contributed by atoms with Gasteiger partial charge >= 0.3 is 0 Å². The zero-order chi connectivity index (χ0) is 22.0. The minimum atomic E-state index is -0.397. The predicted octanol–water partition coefficient (Wildman–Crippen LogP) is 5.02. The average Bonchev–Trinajstić information content (AvgIpc) is 3.21.